The molecular formula is C27H30N2O6. The number of carbonyl (C=O) groups excluding carboxylic acids is 3. The van der Waals surface area contributed by atoms with Crippen molar-refractivity contribution in [3.05, 3.63) is 66.2 Å². The Labute approximate surface area is 204 Å². The molecule has 3 N–H and O–H groups in total. The summed E-state index contributed by atoms with van der Waals surface area (Å²) in [7, 11) is 1.28. The SMILES string of the molecule is COC(=O)CC(NC(=O)CNC(=O)OC(C)(C)C)c1ccc(-c2ccc(O)c3ccccc23)cc1. The Morgan fingerprint density at radius 2 is 1.60 bits per heavy atom. The van der Waals surface area contributed by atoms with E-state index < -0.39 is 29.6 Å². The van der Waals surface area contributed by atoms with Crippen LogP contribution in [0.2, 0.25) is 0 Å². The largest absolute Gasteiger partial charge is 0.507 e. The van der Waals surface area contributed by atoms with Crippen molar-refractivity contribution in [3.8, 4) is 16.9 Å². The van der Waals surface area contributed by atoms with Gasteiger partial charge in [-0.1, -0.05) is 54.6 Å². The first kappa shape index (κ1) is 25.6. The Morgan fingerprint density at radius 1 is 0.943 bits per heavy atom. The molecule has 1 atom stereocenters. The Kier molecular flexibility index (Phi) is 7.96. The van der Waals surface area contributed by atoms with Crippen LogP contribution < -0.4 is 10.6 Å². The predicted octanol–water partition coefficient (Wildman–Crippen LogP) is 4.46. The lowest BCUT2D eigenvalue weighted by atomic mass is 9.95. The highest BCUT2D eigenvalue weighted by Crippen LogP contribution is 2.34. The number of nitrogens with one attached hydrogen (secondary N) is 2. The van der Waals surface area contributed by atoms with Gasteiger partial charge in [0.1, 0.15) is 17.9 Å². The fourth-order valence-electron chi connectivity index (χ4n) is 3.64. The average molecular weight is 479 g/mol. The molecular weight excluding hydrogens is 448 g/mol. The maximum Gasteiger partial charge on any atom is 0.408 e. The van der Waals surface area contributed by atoms with Gasteiger partial charge in [-0.25, -0.2) is 4.79 Å². The summed E-state index contributed by atoms with van der Waals surface area (Å²) >= 11 is 0. The van der Waals surface area contributed by atoms with E-state index in [1.807, 2.05) is 54.6 Å². The Bertz CT molecular complexity index is 1210. The molecule has 3 aromatic rings. The minimum Gasteiger partial charge on any atom is -0.507 e. The molecule has 0 heterocycles. The van der Waals surface area contributed by atoms with E-state index in [-0.39, 0.29) is 18.7 Å². The number of benzene rings is 3. The van der Waals surface area contributed by atoms with Gasteiger partial charge in [-0.2, -0.15) is 0 Å². The Morgan fingerprint density at radius 3 is 2.23 bits per heavy atom. The summed E-state index contributed by atoms with van der Waals surface area (Å²) in [5, 5.41) is 17.0. The molecule has 3 rings (SSSR count). The number of alkyl carbamates (subject to hydrolysis) is 1. The number of phenolic OH excluding ortho intramolecular Hbond substituents is 1. The van der Waals surface area contributed by atoms with Gasteiger partial charge in [0.25, 0.3) is 0 Å². The number of hydrogen-bond acceptors (Lipinski definition) is 6. The number of methoxy groups -OCH3 is 1. The monoisotopic (exact) mass is 478 g/mol. The van der Waals surface area contributed by atoms with Gasteiger partial charge in [-0.15, -0.1) is 0 Å². The van der Waals surface area contributed by atoms with Gasteiger partial charge in [0.2, 0.25) is 5.91 Å². The number of fused-ring (bicyclic) bond motifs is 1. The molecule has 8 heteroatoms. The van der Waals surface area contributed by atoms with Gasteiger partial charge < -0.3 is 25.2 Å². The van der Waals surface area contributed by atoms with Crippen molar-refractivity contribution in [2.45, 2.75) is 38.8 Å². The molecule has 0 aliphatic heterocycles. The van der Waals surface area contributed by atoms with Crippen LogP contribution in [0, 0.1) is 0 Å². The average Bonchev–Trinajstić information content (AvgIpc) is 2.82. The lowest BCUT2D eigenvalue weighted by molar-refractivity contribution is -0.141. The van der Waals surface area contributed by atoms with E-state index in [4.69, 9.17) is 9.47 Å². The Hall–Kier alpha value is -4.07. The van der Waals surface area contributed by atoms with Crippen molar-refractivity contribution in [1.82, 2.24) is 10.6 Å². The van der Waals surface area contributed by atoms with Crippen molar-refractivity contribution in [1.29, 1.82) is 0 Å². The predicted molar refractivity (Wildman–Crippen MR) is 133 cm³/mol. The van der Waals surface area contributed by atoms with Crippen molar-refractivity contribution in [3.63, 3.8) is 0 Å². The van der Waals surface area contributed by atoms with Crippen molar-refractivity contribution in [2.24, 2.45) is 0 Å². The molecule has 0 saturated carbocycles. The number of amides is 2. The zero-order valence-electron chi connectivity index (χ0n) is 20.3. The van der Waals surface area contributed by atoms with E-state index in [9.17, 15) is 19.5 Å². The van der Waals surface area contributed by atoms with Gasteiger partial charge >= 0.3 is 12.1 Å². The van der Waals surface area contributed by atoms with Crippen molar-refractivity contribution < 1.29 is 29.0 Å². The molecule has 35 heavy (non-hydrogen) atoms. The highest BCUT2D eigenvalue weighted by Gasteiger charge is 2.21. The van der Waals surface area contributed by atoms with E-state index in [0.717, 1.165) is 21.9 Å². The lowest BCUT2D eigenvalue weighted by Gasteiger charge is -2.21. The first-order chi connectivity index (χ1) is 16.6. The smallest absolute Gasteiger partial charge is 0.408 e. The van der Waals surface area contributed by atoms with Gasteiger partial charge in [0, 0.05) is 5.39 Å². The number of hydrogen-bond donors (Lipinski definition) is 3. The maximum atomic E-state index is 12.5. The summed E-state index contributed by atoms with van der Waals surface area (Å²) in [5.41, 5.74) is 1.88. The maximum absolute atomic E-state index is 12.5. The highest BCUT2D eigenvalue weighted by molar-refractivity contribution is 5.99. The molecule has 0 spiro atoms. The fourth-order valence-corrected chi connectivity index (χ4v) is 3.64. The van der Waals surface area contributed by atoms with E-state index in [1.165, 1.54) is 7.11 Å². The van der Waals surface area contributed by atoms with Crippen LogP contribution in [0.25, 0.3) is 21.9 Å². The van der Waals surface area contributed by atoms with Gasteiger partial charge in [-0.05, 0) is 48.9 Å². The fraction of sp³-hybridized carbons (Fsp3) is 0.296. The van der Waals surface area contributed by atoms with E-state index in [1.54, 1.807) is 26.8 Å². The molecule has 0 fully saturated rings. The molecule has 0 radical (unpaired) electrons. The van der Waals surface area contributed by atoms with Crippen LogP contribution >= 0.6 is 0 Å². The summed E-state index contributed by atoms with van der Waals surface area (Å²) in [4.78, 5) is 36.3. The Balaban J connectivity index is 1.77. The molecule has 8 nitrogen and oxygen atoms in total. The second-order valence-electron chi connectivity index (χ2n) is 9.06. The zero-order chi connectivity index (χ0) is 25.6. The summed E-state index contributed by atoms with van der Waals surface area (Å²) in [5.74, 6) is -0.746. The summed E-state index contributed by atoms with van der Waals surface area (Å²) in [6.45, 7) is 4.88. The minimum atomic E-state index is -0.706. The van der Waals surface area contributed by atoms with E-state index in [0.29, 0.717) is 5.56 Å². The van der Waals surface area contributed by atoms with Gasteiger partial charge in [0.05, 0.1) is 19.6 Å². The van der Waals surface area contributed by atoms with Crippen LogP contribution in [0.15, 0.2) is 60.7 Å². The number of rotatable bonds is 7. The topological polar surface area (TPSA) is 114 Å². The number of phenols is 1. The third kappa shape index (κ3) is 6.96. The molecule has 0 aliphatic carbocycles. The molecule has 3 aromatic carbocycles. The van der Waals surface area contributed by atoms with Crippen LogP contribution in [0.1, 0.15) is 38.8 Å². The molecule has 0 saturated heterocycles. The molecule has 0 bridgehead atoms. The zero-order valence-corrected chi connectivity index (χ0v) is 20.3. The molecule has 0 aliphatic rings. The van der Waals surface area contributed by atoms with Crippen LogP contribution in [0.5, 0.6) is 5.75 Å². The van der Waals surface area contributed by atoms with Crippen LogP contribution in [0.4, 0.5) is 4.79 Å². The van der Waals surface area contributed by atoms with Crippen molar-refractivity contribution >= 4 is 28.7 Å². The molecule has 2 amide bonds. The first-order valence-electron chi connectivity index (χ1n) is 11.2. The van der Waals surface area contributed by atoms with E-state index in [2.05, 4.69) is 10.6 Å². The third-order valence-corrected chi connectivity index (χ3v) is 5.25. The van der Waals surface area contributed by atoms with Crippen LogP contribution in [-0.2, 0) is 19.1 Å². The number of ether oxygens (including phenoxy) is 2. The second kappa shape index (κ2) is 10.9. The quantitative estimate of drug-likeness (QED) is 0.432. The summed E-state index contributed by atoms with van der Waals surface area (Å²) < 4.78 is 9.92. The van der Waals surface area contributed by atoms with Gasteiger partial charge in [-0.3, -0.25) is 9.59 Å². The minimum absolute atomic E-state index is 0.0732. The van der Waals surface area contributed by atoms with Crippen molar-refractivity contribution in [2.75, 3.05) is 13.7 Å². The van der Waals surface area contributed by atoms with Crippen LogP contribution in [-0.4, -0.2) is 42.3 Å². The normalized spacial score (nSPS) is 12.0. The molecule has 184 valence electrons. The highest BCUT2D eigenvalue weighted by atomic mass is 16.6. The third-order valence-electron chi connectivity index (χ3n) is 5.25. The van der Waals surface area contributed by atoms with Crippen LogP contribution in [0.3, 0.4) is 0 Å². The summed E-state index contributed by atoms with van der Waals surface area (Å²) in [6.07, 6.45) is -0.779. The lowest BCUT2D eigenvalue weighted by Crippen LogP contribution is -2.41. The number of esters is 1. The second-order valence-corrected chi connectivity index (χ2v) is 9.06. The standard InChI is InChI=1S/C27H30N2O6/c1-27(2,3)35-26(33)28-16-24(31)29-22(15-25(32)34-4)18-11-9-17(10-12-18)19-13-14-23(30)21-8-6-5-7-20(19)21/h5-14,22,30H,15-16H2,1-4H3,(H,28,33)(H,29,31). The number of aromatic hydroxyl groups is 1. The summed E-state index contributed by atoms with van der Waals surface area (Å²) in [6, 6.07) is 17.9. The first-order valence-corrected chi connectivity index (χ1v) is 11.2. The molecule has 0 aromatic heterocycles. The van der Waals surface area contributed by atoms with E-state index >= 15 is 0 Å². The molecule has 1 unspecified atom stereocenters. The van der Waals surface area contributed by atoms with Gasteiger partial charge in [0.15, 0.2) is 0 Å². The number of carbonyl (C=O) groups is 3.